The molecule has 1 saturated heterocycles. The topological polar surface area (TPSA) is 50.4 Å². The Hall–Kier alpha value is -1.62. The van der Waals surface area contributed by atoms with E-state index in [1.807, 2.05) is 0 Å². The minimum Gasteiger partial charge on any atom is -0.494 e. The van der Waals surface area contributed by atoms with E-state index in [0.717, 1.165) is 31.5 Å². The molecule has 0 aliphatic carbocycles. The van der Waals surface area contributed by atoms with Crippen LogP contribution in [0.5, 0.6) is 5.75 Å². The molecule has 1 fully saturated rings. The zero-order valence-electron chi connectivity index (χ0n) is 11.0. The molecule has 104 valence electrons. The predicted octanol–water partition coefficient (Wildman–Crippen LogP) is 1.45. The first kappa shape index (κ1) is 13.8. The Morgan fingerprint density at radius 3 is 2.84 bits per heavy atom. The summed E-state index contributed by atoms with van der Waals surface area (Å²) in [4.78, 5) is 11.9. The number of methoxy groups -OCH3 is 1. The Balaban J connectivity index is 1.87. The summed E-state index contributed by atoms with van der Waals surface area (Å²) in [5.41, 5.74) is 0.737. The average Bonchev–Trinajstić information content (AvgIpc) is 2.46. The smallest absolute Gasteiger partial charge is 0.223 e. The SMILES string of the molecule is COc1ccc(CNC(=O)C2CCNCC2)cc1F. The summed E-state index contributed by atoms with van der Waals surface area (Å²) in [6.45, 7) is 2.12. The number of nitrogens with one attached hydrogen (secondary N) is 2. The molecule has 0 bridgehead atoms. The van der Waals surface area contributed by atoms with Crippen LogP contribution in [-0.2, 0) is 11.3 Å². The van der Waals surface area contributed by atoms with E-state index in [0.29, 0.717) is 6.54 Å². The minimum atomic E-state index is -0.406. The fourth-order valence-corrected chi connectivity index (χ4v) is 2.24. The van der Waals surface area contributed by atoms with Crippen LogP contribution in [0, 0.1) is 11.7 Å². The predicted molar refractivity (Wildman–Crippen MR) is 70.4 cm³/mol. The van der Waals surface area contributed by atoms with Crippen LogP contribution < -0.4 is 15.4 Å². The van der Waals surface area contributed by atoms with Gasteiger partial charge >= 0.3 is 0 Å². The maximum atomic E-state index is 13.5. The van der Waals surface area contributed by atoms with Gasteiger partial charge in [0.15, 0.2) is 11.6 Å². The van der Waals surface area contributed by atoms with Gasteiger partial charge in [0.2, 0.25) is 5.91 Å². The number of rotatable bonds is 4. The maximum Gasteiger partial charge on any atom is 0.223 e. The van der Waals surface area contributed by atoms with Gasteiger partial charge in [0, 0.05) is 12.5 Å². The number of ether oxygens (including phenoxy) is 1. The van der Waals surface area contributed by atoms with E-state index in [1.54, 1.807) is 12.1 Å². The Morgan fingerprint density at radius 1 is 1.47 bits per heavy atom. The molecule has 1 amide bonds. The largest absolute Gasteiger partial charge is 0.494 e. The standard InChI is InChI=1S/C14H19FN2O2/c1-19-13-3-2-10(8-12(13)15)9-17-14(18)11-4-6-16-7-5-11/h2-3,8,11,16H,4-7,9H2,1H3,(H,17,18). The molecule has 0 saturated carbocycles. The molecule has 1 aromatic rings. The van der Waals surface area contributed by atoms with Gasteiger partial charge in [0.05, 0.1) is 7.11 Å². The zero-order valence-corrected chi connectivity index (χ0v) is 11.0. The maximum absolute atomic E-state index is 13.5. The molecule has 1 aliphatic rings. The molecular weight excluding hydrogens is 247 g/mol. The van der Waals surface area contributed by atoms with Crippen LogP contribution in [0.15, 0.2) is 18.2 Å². The summed E-state index contributed by atoms with van der Waals surface area (Å²) in [7, 11) is 1.43. The first-order valence-electron chi connectivity index (χ1n) is 6.51. The van der Waals surface area contributed by atoms with E-state index >= 15 is 0 Å². The van der Waals surface area contributed by atoms with Crippen LogP contribution in [0.25, 0.3) is 0 Å². The summed E-state index contributed by atoms with van der Waals surface area (Å²) in [6.07, 6.45) is 1.73. The Bertz CT molecular complexity index is 445. The average molecular weight is 266 g/mol. The number of carbonyl (C=O) groups excluding carboxylic acids is 1. The lowest BCUT2D eigenvalue weighted by Gasteiger charge is -2.21. The van der Waals surface area contributed by atoms with Crippen molar-refractivity contribution in [2.24, 2.45) is 5.92 Å². The van der Waals surface area contributed by atoms with Gasteiger partial charge in [-0.3, -0.25) is 4.79 Å². The second kappa shape index (κ2) is 6.52. The van der Waals surface area contributed by atoms with Gasteiger partial charge in [-0.2, -0.15) is 0 Å². The van der Waals surface area contributed by atoms with Gasteiger partial charge in [-0.05, 0) is 43.6 Å². The van der Waals surface area contributed by atoms with Gasteiger partial charge in [-0.1, -0.05) is 6.07 Å². The third-order valence-electron chi connectivity index (χ3n) is 3.39. The Kier molecular flexibility index (Phi) is 4.74. The highest BCUT2D eigenvalue weighted by molar-refractivity contribution is 5.78. The lowest BCUT2D eigenvalue weighted by Crippen LogP contribution is -2.37. The monoisotopic (exact) mass is 266 g/mol. The molecule has 0 aromatic heterocycles. The number of hydrogen-bond acceptors (Lipinski definition) is 3. The van der Waals surface area contributed by atoms with Gasteiger partial charge in [-0.25, -0.2) is 4.39 Å². The van der Waals surface area contributed by atoms with Crippen molar-refractivity contribution >= 4 is 5.91 Å². The molecule has 4 nitrogen and oxygen atoms in total. The van der Waals surface area contributed by atoms with Crippen LogP contribution >= 0.6 is 0 Å². The van der Waals surface area contributed by atoms with E-state index in [-0.39, 0.29) is 17.6 Å². The molecule has 1 heterocycles. The molecule has 0 atom stereocenters. The van der Waals surface area contributed by atoms with Gasteiger partial charge in [-0.15, -0.1) is 0 Å². The quantitative estimate of drug-likeness (QED) is 0.867. The fraction of sp³-hybridized carbons (Fsp3) is 0.500. The van der Waals surface area contributed by atoms with Crippen LogP contribution in [0.2, 0.25) is 0 Å². The van der Waals surface area contributed by atoms with Gasteiger partial charge < -0.3 is 15.4 Å². The van der Waals surface area contributed by atoms with Gasteiger partial charge in [0.25, 0.3) is 0 Å². The van der Waals surface area contributed by atoms with Crippen LogP contribution in [0.1, 0.15) is 18.4 Å². The first-order chi connectivity index (χ1) is 9.20. The van der Waals surface area contributed by atoms with E-state index < -0.39 is 5.82 Å². The molecule has 0 unspecified atom stereocenters. The van der Waals surface area contributed by atoms with Crippen molar-refractivity contribution in [3.63, 3.8) is 0 Å². The third kappa shape index (κ3) is 3.67. The summed E-state index contributed by atoms with van der Waals surface area (Å²) >= 11 is 0. The molecular formula is C14H19FN2O2. The number of hydrogen-bond donors (Lipinski definition) is 2. The van der Waals surface area contributed by atoms with Gasteiger partial charge in [0.1, 0.15) is 0 Å². The molecule has 2 rings (SSSR count). The van der Waals surface area contributed by atoms with Crippen LogP contribution in [-0.4, -0.2) is 26.1 Å². The molecule has 2 N–H and O–H groups in total. The van der Waals surface area contributed by atoms with Crippen molar-refractivity contribution in [2.45, 2.75) is 19.4 Å². The van der Waals surface area contributed by atoms with Crippen molar-refractivity contribution in [3.05, 3.63) is 29.6 Å². The van der Waals surface area contributed by atoms with Crippen molar-refractivity contribution in [1.29, 1.82) is 0 Å². The number of piperidine rings is 1. The van der Waals surface area contributed by atoms with Crippen molar-refractivity contribution in [1.82, 2.24) is 10.6 Å². The lowest BCUT2D eigenvalue weighted by molar-refractivity contribution is -0.125. The lowest BCUT2D eigenvalue weighted by atomic mass is 9.97. The molecule has 1 aromatic carbocycles. The minimum absolute atomic E-state index is 0.0535. The fourth-order valence-electron chi connectivity index (χ4n) is 2.24. The normalized spacial score (nSPS) is 16.1. The van der Waals surface area contributed by atoms with Crippen LogP contribution in [0.3, 0.4) is 0 Å². The zero-order chi connectivity index (χ0) is 13.7. The highest BCUT2D eigenvalue weighted by atomic mass is 19.1. The highest BCUT2D eigenvalue weighted by Gasteiger charge is 2.20. The Labute approximate surface area is 112 Å². The van der Waals surface area contributed by atoms with E-state index in [9.17, 15) is 9.18 Å². The summed E-state index contributed by atoms with van der Waals surface area (Å²) in [6, 6.07) is 4.72. The molecule has 19 heavy (non-hydrogen) atoms. The molecule has 0 spiro atoms. The number of halogens is 1. The first-order valence-corrected chi connectivity index (χ1v) is 6.51. The van der Waals surface area contributed by atoms with Crippen LogP contribution in [0.4, 0.5) is 4.39 Å². The van der Waals surface area contributed by atoms with Crippen molar-refractivity contribution < 1.29 is 13.9 Å². The Morgan fingerprint density at radius 2 is 2.21 bits per heavy atom. The number of benzene rings is 1. The summed E-state index contributed by atoms with van der Waals surface area (Å²) in [5, 5.41) is 6.08. The number of amides is 1. The second-order valence-electron chi connectivity index (χ2n) is 4.71. The summed E-state index contributed by atoms with van der Waals surface area (Å²) < 4.78 is 18.3. The third-order valence-corrected chi connectivity index (χ3v) is 3.39. The van der Waals surface area contributed by atoms with E-state index in [2.05, 4.69) is 10.6 Å². The molecule has 1 aliphatic heterocycles. The highest BCUT2D eigenvalue weighted by Crippen LogP contribution is 2.18. The second-order valence-corrected chi connectivity index (χ2v) is 4.71. The van der Waals surface area contributed by atoms with Crippen molar-refractivity contribution in [3.8, 4) is 5.75 Å². The summed E-state index contributed by atoms with van der Waals surface area (Å²) in [5.74, 6) is -0.0633. The molecule has 5 heteroatoms. The molecule has 0 radical (unpaired) electrons. The van der Waals surface area contributed by atoms with E-state index in [1.165, 1.54) is 13.2 Å². The number of carbonyl (C=O) groups is 1. The van der Waals surface area contributed by atoms with Crippen molar-refractivity contribution in [2.75, 3.05) is 20.2 Å². The van der Waals surface area contributed by atoms with E-state index in [4.69, 9.17) is 4.74 Å².